The van der Waals surface area contributed by atoms with Gasteiger partial charge in [0.05, 0.1) is 12.0 Å². The molecule has 0 spiro atoms. The van der Waals surface area contributed by atoms with Crippen LogP contribution in [0.25, 0.3) is 0 Å². The fourth-order valence-corrected chi connectivity index (χ4v) is 3.20. The van der Waals surface area contributed by atoms with Crippen LogP contribution < -0.4 is 5.32 Å². The van der Waals surface area contributed by atoms with Crippen LogP contribution in [0, 0.1) is 16.7 Å². The molecule has 2 fully saturated rings. The number of nitrogens with one attached hydrogen (secondary N) is 1. The number of carbonyl (C=O) groups excluding carboxylic acids is 2. The number of nitrogens with zero attached hydrogens (tertiary/aromatic N) is 1. The van der Waals surface area contributed by atoms with Gasteiger partial charge in [0, 0.05) is 44.0 Å². The molecule has 2 N–H and O–H groups in total. The first-order valence-corrected chi connectivity index (χ1v) is 8.04. The van der Waals surface area contributed by atoms with Crippen LogP contribution >= 0.6 is 0 Å². The van der Waals surface area contributed by atoms with E-state index in [-0.39, 0.29) is 37.2 Å². The Morgan fingerprint density at radius 1 is 1.35 bits per heavy atom. The molecule has 0 saturated carbocycles. The highest BCUT2D eigenvalue weighted by Crippen LogP contribution is 2.42. The molecule has 2 aliphatic heterocycles. The van der Waals surface area contributed by atoms with Crippen molar-refractivity contribution >= 4 is 17.8 Å². The molecule has 7 nitrogen and oxygen atoms in total. The van der Waals surface area contributed by atoms with Crippen molar-refractivity contribution in [3.8, 4) is 0 Å². The molecule has 2 atom stereocenters. The highest BCUT2D eigenvalue weighted by atomic mass is 16.5. The van der Waals surface area contributed by atoms with Gasteiger partial charge < -0.3 is 20.1 Å². The van der Waals surface area contributed by atoms with Gasteiger partial charge >= 0.3 is 5.97 Å². The maximum atomic E-state index is 12.3. The number of rotatable bonds is 4. The SMILES string of the molecule is CC(C)(C)C(=O)NCCC(=O)N1C[C@H]2COCC[C@@]2(C(=O)O)C1. The molecule has 2 rings (SSSR count). The van der Waals surface area contributed by atoms with E-state index in [1.807, 2.05) is 20.8 Å². The zero-order valence-electron chi connectivity index (χ0n) is 14.1. The molecule has 0 unspecified atom stereocenters. The molecule has 23 heavy (non-hydrogen) atoms. The van der Waals surface area contributed by atoms with E-state index in [1.165, 1.54) is 0 Å². The summed E-state index contributed by atoms with van der Waals surface area (Å²) in [5, 5.41) is 12.3. The molecule has 0 aromatic carbocycles. The van der Waals surface area contributed by atoms with Gasteiger partial charge in [0.25, 0.3) is 0 Å². The lowest BCUT2D eigenvalue weighted by molar-refractivity contribution is -0.157. The van der Waals surface area contributed by atoms with E-state index in [0.29, 0.717) is 26.2 Å². The lowest BCUT2D eigenvalue weighted by Gasteiger charge is -2.33. The van der Waals surface area contributed by atoms with E-state index < -0.39 is 16.8 Å². The summed E-state index contributed by atoms with van der Waals surface area (Å²) in [6.07, 6.45) is 0.628. The first kappa shape index (κ1) is 17.7. The summed E-state index contributed by atoms with van der Waals surface area (Å²) in [7, 11) is 0. The molecule has 0 aliphatic carbocycles. The van der Waals surface area contributed by atoms with Crippen molar-refractivity contribution in [2.75, 3.05) is 32.8 Å². The van der Waals surface area contributed by atoms with E-state index in [4.69, 9.17) is 4.74 Å². The Balaban J connectivity index is 1.89. The Hall–Kier alpha value is -1.63. The molecule has 2 amide bonds. The predicted molar refractivity (Wildman–Crippen MR) is 82.7 cm³/mol. The number of carboxylic acid groups (broad SMARTS) is 1. The monoisotopic (exact) mass is 326 g/mol. The second-order valence-electron chi connectivity index (χ2n) is 7.51. The van der Waals surface area contributed by atoms with Crippen molar-refractivity contribution in [1.82, 2.24) is 10.2 Å². The van der Waals surface area contributed by atoms with Gasteiger partial charge in [-0.05, 0) is 6.42 Å². The minimum Gasteiger partial charge on any atom is -0.481 e. The van der Waals surface area contributed by atoms with Crippen molar-refractivity contribution in [1.29, 1.82) is 0 Å². The summed E-state index contributed by atoms with van der Waals surface area (Å²) < 4.78 is 5.38. The standard InChI is InChI=1S/C16H26N2O5/c1-15(2,3)13(20)17-6-4-12(19)18-8-11-9-23-7-5-16(11,10-18)14(21)22/h11H,4-10H2,1-3H3,(H,17,20)(H,21,22)/t11-,16+/m0/s1. The highest BCUT2D eigenvalue weighted by molar-refractivity contribution is 5.83. The largest absolute Gasteiger partial charge is 0.481 e. The summed E-state index contributed by atoms with van der Waals surface area (Å²) in [5.41, 5.74) is -1.36. The van der Waals surface area contributed by atoms with Gasteiger partial charge in [-0.2, -0.15) is 0 Å². The normalized spacial score (nSPS) is 27.4. The van der Waals surface area contributed by atoms with E-state index >= 15 is 0 Å². The summed E-state index contributed by atoms with van der Waals surface area (Å²) in [6.45, 7) is 7.17. The Labute approximate surface area is 136 Å². The summed E-state index contributed by atoms with van der Waals surface area (Å²) in [6, 6.07) is 0. The number of ether oxygens (including phenoxy) is 1. The Kier molecular flexibility index (Phi) is 4.98. The summed E-state index contributed by atoms with van der Waals surface area (Å²) in [5.74, 6) is -1.21. The van der Waals surface area contributed by atoms with Crippen LogP contribution in [0.2, 0.25) is 0 Å². The molecule has 0 aromatic rings. The number of likely N-dealkylation sites (tertiary alicyclic amines) is 1. The van der Waals surface area contributed by atoms with Gasteiger partial charge in [-0.25, -0.2) is 0 Å². The maximum Gasteiger partial charge on any atom is 0.311 e. The molecule has 0 aromatic heterocycles. The van der Waals surface area contributed by atoms with Gasteiger partial charge in [-0.1, -0.05) is 20.8 Å². The van der Waals surface area contributed by atoms with Gasteiger partial charge in [0.1, 0.15) is 0 Å². The molecule has 130 valence electrons. The first-order chi connectivity index (χ1) is 10.7. The molecular weight excluding hydrogens is 300 g/mol. The minimum atomic E-state index is -0.872. The third-order valence-corrected chi connectivity index (χ3v) is 4.79. The second-order valence-corrected chi connectivity index (χ2v) is 7.51. The van der Waals surface area contributed by atoms with Gasteiger partial charge in [-0.3, -0.25) is 14.4 Å². The van der Waals surface area contributed by atoms with Gasteiger partial charge in [-0.15, -0.1) is 0 Å². The van der Waals surface area contributed by atoms with E-state index in [9.17, 15) is 19.5 Å². The van der Waals surface area contributed by atoms with E-state index in [0.717, 1.165) is 0 Å². The second kappa shape index (κ2) is 6.47. The van der Waals surface area contributed by atoms with Crippen molar-refractivity contribution < 1.29 is 24.2 Å². The number of hydrogen-bond donors (Lipinski definition) is 2. The lowest BCUT2D eigenvalue weighted by atomic mass is 9.74. The fourth-order valence-electron chi connectivity index (χ4n) is 3.20. The molecule has 2 aliphatic rings. The molecule has 2 heterocycles. The lowest BCUT2D eigenvalue weighted by Crippen LogP contribution is -2.45. The Morgan fingerprint density at radius 3 is 2.61 bits per heavy atom. The Bertz CT molecular complexity index is 499. The Morgan fingerprint density at radius 2 is 2.04 bits per heavy atom. The van der Waals surface area contributed by atoms with Crippen molar-refractivity contribution in [3.05, 3.63) is 0 Å². The van der Waals surface area contributed by atoms with Gasteiger partial charge in [0.15, 0.2) is 0 Å². The molecule has 7 heteroatoms. The highest BCUT2D eigenvalue weighted by Gasteiger charge is 2.54. The van der Waals surface area contributed by atoms with Crippen LogP contribution in [0.5, 0.6) is 0 Å². The predicted octanol–water partition coefficient (Wildman–Crippen LogP) is 0.489. The fraction of sp³-hybridized carbons (Fsp3) is 0.812. The third kappa shape index (κ3) is 3.65. The smallest absolute Gasteiger partial charge is 0.311 e. The van der Waals surface area contributed by atoms with Crippen LogP contribution in [-0.4, -0.2) is 60.6 Å². The van der Waals surface area contributed by atoms with Gasteiger partial charge in [0.2, 0.25) is 11.8 Å². The van der Waals surface area contributed by atoms with Crippen LogP contribution in [0.1, 0.15) is 33.6 Å². The molecule has 2 saturated heterocycles. The van der Waals surface area contributed by atoms with Crippen molar-refractivity contribution in [3.63, 3.8) is 0 Å². The van der Waals surface area contributed by atoms with Crippen molar-refractivity contribution in [2.45, 2.75) is 33.6 Å². The summed E-state index contributed by atoms with van der Waals surface area (Å²) >= 11 is 0. The van der Waals surface area contributed by atoms with Crippen LogP contribution in [0.15, 0.2) is 0 Å². The number of hydrogen-bond acceptors (Lipinski definition) is 4. The van der Waals surface area contributed by atoms with Crippen LogP contribution in [0.4, 0.5) is 0 Å². The molecule has 0 bridgehead atoms. The van der Waals surface area contributed by atoms with Crippen LogP contribution in [-0.2, 0) is 19.1 Å². The molecule has 0 radical (unpaired) electrons. The molecular formula is C16H26N2O5. The average Bonchev–Trinajstić information content (AvgIpc) is 2.87. The number of fused-ring (bicyclic) bond motifs is 1. The van der Waals surface area contributed by atoms with Crippen molar-refractivity contribution in [2.24, 2.45) is 16.7 Å². The number of carbonyl (C=O) groups is 3. The number of amides is 2. The van der Waals surface area contributed by atoms with E-state index in [1.54, 1.807) is 4.90 Å². The van der Waals surface area contributed by atoms with E-state index in [2.05, 4.69) is 5.32 Å². The third-order valence-electron chi connectivity index (χ3n) is 4.79. The zero-order valence-corrected chi connectivity index (χ0v) is 14.1. The topological polar surface area (TPSA) is 95.9 Å². The average molecular weight is 326 g/mol. The van der Waals surface area contributed by atoms with Crippen LogP contribution in [0.3, 0.4) is 0 Å². The quantitative estimate of drug-likeness (QED) is 0.784. The number of carboxylic acids is 1. The minimum absolute atomic E-state index is 0.101. The summed E-state index contributed by atoms with van der Waals surface area (Å²) in [4.78, 5) is 37.4. The zero-order chi connectivity index (χ0) is 17.3. The number of aliphatic carboxylic acids is 1. The maximum absolute atomic E-state index is 12.3. The first-order valence-electron chi connectivity index (χ1n) is 8.04.